The third kappa shape index (κ3) is 4.09. The summed E-state index contributed by atoms with van der Waals surface area (Å²) in [6, 6.07) is -0.850. The number of urea groups is 1. The summed E-state index contributed by atoms with van der Waals surface area (Å²) in [7, 11) is 0. The van der Waals surface area contributed by atoms with Crippen LogP contribution in [0, 0.1) is 5.92 Å². The number of rotatable bonds is 3. The second-order valence-electron chi connectivity index (χ2n) is 6.20. The molecule has 4 unspecified atom stereocenters. The van der Waals surface area contributed by atoms with Crippen LogP contribution in [0.4, 0.5) is 4.79 Å². The van der Waals surface area contributed by atoms with Gasteiger partial charge in [-0.1, -0.05) is 13.3 Å². The van der Waals surface area contributed by atoms with E-state index in [9.17, 15) is 14.7 Å². The molecule has 0 aliphatic carbocycles. The molecule has 21 heavy (non-hydrogen) atoms. The lowest BCUT2D eigenvalue weighted by atomic mass is 9.89. The Hall–Kier alpha value is -1.30. The molecule has 0 bridgehead atoms. The molecule has 0 saturated carbocycles. The summed E-state index contributed by atoms with van der Waals surface area (Å²) in [6.07, 6.45) is 4.14. The van der Waals surface area contributed by atoms with Crippen molar-refractivity contribution in [2.45, 2.75) is 64.1 Å². The number of aliphatic carboxylic acids is 1. The number of hydrogen-bond acceptors (Lipinski definition) is 3. The van der Waals surface area contributed by atoms with Gasteiger partial charge in [0.1, 0.15) is 6.04 Å². The number of ether oxygens (including phenoxy) is 1. The molecule has 2 aliphatic heterocycles. The molecule has 2 N–H and O–H groups in total. The van der Waals surface area contributed by atoms with E-state index in [1.165, 1.54) is 4.90 Å². The monoisotopic (exact) mass is 298 g/mol. The molecule has 6 heteroatoms. The lowest BCUT2D eigenvalue weighted by molar-refractivity contribution is -0.144. The fraction of sp³-hybridized carbons (Fsp3) is 0.867. The van der Waals surface area contributed by atoms with Crippen molar-refractivity contribution in [1.29, 1.82) is 0 Å². The topological polar surface area (TPSA) is 78.9 Å². The summed E-state index contributed by atoms with van der Waals surface area (Å²) in [5, 5.41) is 12.4. The first-order chi connectivity index (χ1) is 10.0. The van der Waals surface area contributed by atoms with Crippen LogP contribution in [0.15, 0.2) is 0 Å². The highest BCUT2D eigenvalue weighted by Crippen LogP contribution is 2.26. The third-order valence-electron chi connectivity index (χ3n) is 4.65. The normalized spacial score (nSPS) is 33.5. The first kappa shape index (κ1) is 16.1. The number of likely N-dealkylation sites (tertiary alicyclic amines) is 1. The lowest BCUT2D eigenvalue weighted by Gasteiger charge is -2.38. The van der Waals surface area contributed by atoms with Crippen LogP contribution >= 0.6 is 0 Å². The number of nitrogens with one attached hydrogen (secondary N) is 1. The summed E-state index contributed by atoms with van der Waals surface area (Å²) in [6.45, 7) is 5.24. The quantitative estimate of drug-likeness (QED) is 0.833. The Morgan fingerprint density at radius 1 is 1.33 bits per heavy atom. The minimum absolute atomic E-state index is 0.0830. The highest BCUT2D eigenvalue weighted by atomic mass is 16.5. The van der Waals surface area contributed by atoms with E-state index in [1.807, 2.05) is 6.92 Å². The third-order valence-corrected chi connectivity index (χ3v) is 4.65. The van der Waals surface area contributed by atoms with Gasteiger partial charge in [0, 0.05) is 19.2 Å². The second-order valence-corrected chi connectivity index (χ2v) is 6.20. The molecular formula is C15H26N2O4. The van der Waals surface area contributed by atoms with Gasteiger partial charge in [0.2, 0.25) is 0 Å². The number of carbonyl (C=O) groups excluding carboxylic acids is 1. The number of hydrogen-bond donors (Lipinski definition) is 2. The zero-order chi connectivity index (χ0) is 15.4. The molecule has 2 fully saturated rings. The molecule has 2 heterocycles. The maximum absolute atomic E-state index is 12.4. The van der Waals surface area contributed by atoms with Crippen molar-refractivity contribution in [3.63, 3.8) is 0 Å². The summed E-state index contributed by atoms with van der Waals surface area (Å²) in [5.74, 6) is -0.498. The first-order valence-electron chi connectivity index (χ1n) is 7.92. The molecule has 0 spiro atoms. The van der Waals surface area contributed by atoms with Crippen LogP contribution in [-0.4, -0.2) is 53.3 Å². The molecule has 0 aromatic carbocycles. The largest absolute Gasteiger partial charge is 0.480 e. The van der Waals surface area contributed by atoms with E-state index in [2.05, 4.69) is 12.2 Å². The van der Waals surface area contributed by atoms with Gasteiger partial charge in [-0.05, 0) is 38.5 Å². The van der Waals surface area contributed by atoms with Crippen LogP contribution in [0.5, 0.6) is 0 Å². The number of nitrogens with zero attached hydrogens (tertiary/aromatic N) is 1. The van der Waals surface area contributed by atoms with Gasteiger partial charge < -0.3 is 20.1 Å². The molecule has 120 valence electrons. The maximum Gasteiger partial charge on any atom is 0.326 e. The van der Waals surface area contributed by atoms with Gasteiger partial charge in [-0.2, -0.15) is 0 Å². The highest BCUT2D eigenvalue weighted by Gasteiger charge is 2.36. The average molecular weight is 298 g/mol. The Balaban J connectivity index is 1.95. The van der Waals surface area contributed by atoms with Gasteiger partial charge in [0.25, 0.3) is 0 Å². The Morgan fingerprint density at radius 3 is 2.71 bits per heavy atom. The standard InChI is InChI=1S/C15H26N2O4/c1-3-11-4-6-17(13(9-11)14(18)19)15(20)16-12-5-7-21-10(2)8-12/h10-13H,3-9H2,1-2H3,(H,16,20)(H,18,19). The van der Waals surface area contributed by atoms with E-state index < -0.39 is 12.0 Å². The van der Waals surface area contributed by atoms with Gasteiger partial charge in [-0.3, -0.25) is 0 Å². The van der Waals surface area contributed by atoms with Crippen molar-refractivity contribution in [2.75, 3.05) is 13.2 Å². The number of piperidine rings is 1. The molecule has 2 aliphatic rings. The molecule has 2 rings (SSSR count). The van der Waals surface area contributed by atoms with Crippen LogP contribution in [-0.2, 0) is 9.53 Å². The molecule has 4 atom stereocenters. The van der Waals surface area contributed by atoms with Gasteiger partial charge in [0.05, 0.1) is 6.10 Å². The van der Waals surface area contributed by atoms with Crippen molar-refractivity contribution in [3.05, 3.63) is 0 Å². The second kappa shape index (κ2) is 7.11. The fourth-order valence-corrected chi connectivity index (χ4v) is 3.27. The molecule has 6 nitrogen and oxygen atoms in total. The maximum atomic E-state index is 12.4. The van der Waals surface area contributed by atoms with Gasteiger partial charge in [-0.15, -0.1) is 0 Å². The zero-order valence-corrected chi connectivity index (χ0v) is 12.9. The van der Waals surface area contributed by atoms with E-state index in [4.69, 9.17) is 4.74 Å². The Bertz CT molecular complexity index is 388. The predicted molar refractivity (Wildman–Crippen MR) is 78.1 cm³/mol. The van der Waals surface area contributed by atoms with Gasteiger partial charge in [0.15, 0.2) is 0 Å². The summed E-state index contributed by atoms with van der Waals surface area (Å²) < 4.78 is 5.46. The van der Waals surface area contributed by atoms with Crippen molar-refractivity contribution >= 4 is 12.0 Å². The minimum atomic E-state index is -0.899. The number of carbonyl (C=O) groups is 2. The number of carboxylic acid groups (broad SMARTS) is 1. The van der Waals surface area contributed by atoms with Crippen LogP contribution in [0.2, 0.25) is 0 Å². The van der Waals surface area contributed by atoms with Crippen molar-refractivity contribution in [1.82, 2.24) is 10.2 Å². The number of amides is 2. The summed E-state index contributed by atoms with van der Waals surface area (Å²) in [5.41, 5.74) is 0. The van der Waals surface area contributed by atoms with Crippen LogP contribution < -0.4 is 5.32 Å². The molecule has 0 aromatic heterocycles. The van der Waals surface area contributed by atoms with Crippen LogP contribution in [0.25, 0.3) is 0 Å². The van der Waals surface area contributed by atoms with E-state index >= 15 is 0 Å². The predicted octanol–water partition coefficient (Wildman–Crippen LogP) is 1.84. The summed E-state index contributed by atoms with van der Waals surface area (Å²) in [4.78, 5) is 25.3. The first-order valence-corrected chi connectivity index (χ1v) is 7.92. The van der Waals surface area contributed by atoms with Crippen molar-refractivity contribution in [3.8, 4) is 0 Å². The van der Waals surface area contributed by atoms with E-state index in [-0.39, 0.29) is 18.2 Å². The van der Waals surface area contributed by atoms with Crippen molar-refractivity contribution < 1.29 is 19.4 Å². The van der Waals surface area contributed by atoms with Gasteiger partial charge >= 0.3 is 12.0 Å². The summed E-state index contributed by atoms with van der Waals surface area (Å²) >= 11 is 0. The molecular weight excluding hydrogens is 272 g/mol. The van der Waals surface area contributed by atoms with E-state index in [0.29, 0.717) is 25.5 Å². The Labute approximate surface area is 125 Å². The fourth-order valence-electron chi connectivity index (χ4n) is 3.27. The lowest BCUT2D eigenvalue weighted by Crippen LogP contribution is -2.56. The molecule has 2 amide bonds. The van der Waals surface area contributed by atoms with Crippen LogP contribution in [0.1, 0.15) is 46.0 Å². The van der Waals surface area contributed by atoms with E-state index in [1.54, 1.807) is 0 Å². The Morgan fingerprint density at radius 2 is 2.10 bits per heavy atom. The van der Waals surface area contributed by atoms with Crippen molar-refractivity contribution in [2.24, 2.45) is 5.92 Å². The average Bonchev–Trinajstić information content (AvgIpc) is 2.46. The van der Waals surface area contributed by atoms with Gasteiger partial charge in [-0.25, -0.2) is 9.59 Å². The molecule has 0 aromatic rings. The van der Waals surface area contributed by atoms with Crippen LogP contribution in [0.3, 0.4) is 0 Å². The zero-order valence-electron chi connectivity index (χ0n) is 12.9. The highest BCUT2D eigenvalue weighted by molar-refractivity contribution is 5.83. The SMILES string of the molecule is CCC1CCN(C(=O)NC2CCOC(C)C2)C(C(=O)O)C1. The number of carboxylic acids is 1. The smallest absolute Gasteiger partial charge is 0.326 e. The minimum Gasteiger partial charge on any atom is -0.480 e. The van der Waals surface area contributed by atoms with E-state index in [0.717, 1.165) is 25.7 Å². The Kier molecular flexibility index (Phi) is 5.45. The molecule has 0 radical (unpaired) electrons. The molecule has 2 saturated heterocycles.